The molecule has 2 aromatic heterocycles. The normalized spacial score (nSPS) is 10.1. The minimum Gasteiger partial charge on any atom is -0.377 e. The monoisotopic (exact) mass is 245 g/mol. The molecule has 0 aliphatic carbocycles. The number of nitro groups is 1. The summed E-state index contributed by atoms with van der Waals surface area (Å²) in [5, 5.41) is 10.5. The number of rotatable bonds is 3. The third kappa shape index (κ3) is 2.42. The smallest absolute Gasteiger partial charge is 0.328 e. The number of pyridine rings is 2. The fraction of sp³-hybridized carbons (Fsp3) is 0.167. The van der Waals surface area contributed by atoms with Crippen molar-refractivity contribution >= 4 is 11.4 Å². The summed E-state index contributed by atoms with van der Waals surface area (Å²) in [6, 6.07) is 6.95. The molecule has 0 N–H and O–H groups in total. The largest absolute Gasteiger partial charge is 0.377 e. The summed E-state index contributed by atoms with van der Waals surface area (Å²) >= 11 is 0. The number of nitrogens with zero attached hydrogens (tertiary/aromatic N) is 4. The summed E-state index contributed by atoms with van der Waals surface area (Å²) in [4.78, 5) is 16.1. The van der Waals surface area contributed by atoms with Crippen molar-refractivity contribution in [1.29, 1.82) is 0 Å². The number of aromatic nitrogens is 2. The molecule has 0 aromatic carbocycles. The van der Waals surface area contributed by atoms with Crippen molar-refractivity contribution in [3.63, 3.8) is 0 Å². The molecule has 0 unspecified atom stereocenters. The first-order valence-corrected chi connectivity index (χ1v) is 5.37. The summed E-state index contributed by atoms with van der Waals surface area (Å²) < 4.78 is 1.80. The third-order valence-electron chi connectivity index (χ3n) is 2.54. The van der Waals surface area contributed by atoms with Crippen LogP contribution in [0.3, 0.4) is 0 Å². The van der Waals surface area contributed by atoms with E-state index in [2.05, 4.69) is 4.98 Å². The molecule has 6 nitrogen and oxygen atoms in total. The van der Waals surface area contributed by atoms with Gasteiger partial charge in [-0.15, -0.1) is 0 Å². The van der Waals surface area contributed by atoms with Crippen LogP contribution in [0.4, 0.5) is 11.4 Å². The van der Waals surface area contributed by atoms with Crippen molar-refractivity contribution in [2.24, 2.45) is 0 Å². The Kier molecular flexibility index (Phi) is 3.18. The number of hydrogen-bond acceptors (Lipinski definition) is 4. The van der Waals surface area contributed by atoms with Crippen molar-refractivity contribution in [2.75, 3.05) is 19.0 Å². The zero-order valence-electron chi connectivity index (χ0n) is 10.1. The van der Waals surface area contributed by atoms with Crippen LogP contribution in [0.25, 0.3) is 5.82 Å². The maximum atomic E-state index is 10.5. The number of anilines is 1. The van der Waals surface area contributed by atoms with Gasteiger partial charge in [0.2, 0.25) is 6.20 Å². The van der Waals surface area contributed by atoms with Gasteiger partial charge in [-0.3, -0.25) is 10.1 Å². The van der Waals surface area contributed by atoms with Gasteiger partial charge in [0.1, 0.15) is 0 Å². The molecule has 0 fully saturated rings. The Hall–Kier alpha value is -2.50. The van der Waals surface area contributed by atoms with E-state index in [1.165, 1.54) is 12.3 Å². The maximum Gasteiger partial charge on any atom is 0.328 e. The van der Waals surface area contributed by atoms with Gasteiger partial charge < -0.3 is 4.90 Å². The van der Waals surface area contributed by atoms with Crippen molar-refractivity contribution in [1.82, 2.24) is 4.98 Å². The molecule has 2 rings (SSSR count). The van der Waals surface area contributed by atoms with Crippen LogP contribution in [-0.2, 0) is 0 Å². The SMILES string of the molecule is CN(C)c1cc[n+](-c2ccc([N+](=O)[O-])cn2)cc1. The minimum atomic E-state index is -0.462. The third-order valence-corrected chi connectivity index (χ3v) is 2.54. The van der Waals surface area contributed by atoms with Crippen LogP contribution < -0.4 is 9.47 Å². The van der Waals surface area contributed by atoms with Crippen molar-refractivity contribution < 1.29 is 9.49 Å². The van der Waals surface area contributed by atoms with Gasteiger partial charge in [0.05, 0.1) is 17.3 Å². The van der Waals surface area contributed by atoms with Crippen LogP contribution in [0.15, 0.2) is 42.9 Å². The van der Waals surface area contributed by atoms with Crippen LogP contribution in [0.2, 0.25) is 0 Å². The molecule has 0 saturated heterocycles. The molecule has 0 aliphatic rings. The molecule has 2 aromatic rings. The molecule has 0 radical (unpaired) electrons. The molecule has 2 heterocycles. The fourth-order valence-electron chi connectivity index (χ4n) is 1.51. The van der Waals surface area contributed by atoms with E-state index < -0.39 is 4.92 Å². The first kappa shape index (κ1) is 12.0. The Bertz CT molecular complexity index is 549. The van der Waals surface area contributed by atoms with E-state index in [0.717, 1.165) is 5.69 Å². The second-order valence-electron chi connectivity index (χ2n) is 3.99. The van der Waals surface area contributed by atoms with E-state index in [0.29, 0.717) is 5.82 Å². The van der Waals surface area contributed by atoms with Crippen LogP contribution in [0.1, 0.15) is 0 Å². The molecule has 0 bridgehead atoms. The van der Waals surface area contributed by atoms with E-state index in [1.54, 1.807) is 10.6 Å². The van der Waals surface area contributed by atoms with Crippen molar-refractivity contribution in [2.45, 2.75) is 0 Å². The van der Waals surface area contributed by atoms with Crippen molar-refractivity contribution in [3.05, 3.63) is 53.0 Å². The lowest BCUT2D eigenvalue weighted by Crippen LogP contribution is -2.31. The van der Waals surface area contributed by atoms with E-state index in [9.17, 15) is 10.1 Å². The Morgan fingerprint density at radius 2 is 1.89 bits per heavy atom. The van der Waals surface area contributed by atoms with E-state index in [1.807, 2.05) is 43.5 Å². The zero-order chi connectivity index (χ0) is 13.1. The highest BCUT2D eigenvalue weighted by Crippen LogP contribution is 2.10. The lowest BCUT2D eigenvalue weighted by Gasteiger charge is -2.10. The molecule has 92 valence electrons. The predicted octanol–water partition coefficient (Wildman–Crippen LogP) is 1.33. The molecule has 0 saturated carbocycles. The Morgan fingerprint density at radius 3 is 2.33 bits per heavy atom. The second-order valence-corrected chi connectivity index (χ2v) is 3.99. The highest BCUT2D eigenvalue weighted by molar-refractivity contribution is 5.41. The summed E-state index contributed by atoms with van der Waals surface area (Å²) in [6.45, 7) is 0. The van der Waals surface area contributed by atoms with Gasteiger partial charge in [0.25, 0.3) is 0 Å². The first-order chi connectivity index (χ1) is 8.58. The van der Waals surface area contributed by atoms with Crippen LogP contribution in [-0.4, -0.2) is 24.0 Å². The molecule has 0 aliphatic heterocycles. The fourth-order valence-corrected chi connectivity index (χ4v) is 1.51. The summed E-state index contributed by atoms with van der Waals surface area (Å²) in [7, 11) is 3.92. The number of hydrogen-bond donors (Lipinski definition) is 0. The van der Waals surface area contributed by atoms with Crippen LogP contribution >= 0.6 is 0 Å². The average molecular weight is 245 g/mol. The van der Waals surface area contributed by atoms with Gasteiger partial charge in [-0.05, 0) is 4.98 Å². The van der Waals surface area contributed by atoms with E-state index in [-0.39, 0.29) is 5.69 Å². The zero-order valence-corrected chi connectivity index (χ0v) is 10.1. The minimum absolute atomic E-state index is 0.00994. The lowest BCUT2D eigenvalue weighted by molar-refractivity contribution is -0.599. The Balaban J connectivity index is 2.28. The Labute approximate surface area is 104 Å². The predicted molar refractivity (Wildman–Crippen MR) is 66.8 cm³/mol. The highest BCUT2D eigenvalue weighted by atomic mass is 16.6. The van der Waals surface area contributed by atoms with Crippen LogP contribution in [0.5, 0.6) is 0 Å². The van der Waals surface area contributed by atoms with E-state index in [4.69, 9.17) is 0 Å². The summed E-state index contributed by atoms with van der Waals surface area (Å²) in [6.07, 6.45) is 4.98. The molecule has 18 heavy (non-hydrogen) atoms. The summed E-state index contributed by atoms with van der Waals surface area (Å²) in [5.74, 6) is 0.644. The van der Waals surface area contributed by atoms with Gasteiger partial charge in [-0.1, -0.05) is 0 Å². The van der Waals surface area contributed by atoms with Crippen LogP contribution in [0, 0.1) is 10.1 Å². The first-order valence-electron chi connectivity index (χ1n) is 5.37. The molecule has 0 atom stereocenters. The highest BCUT2D eigenvalue weighted by Gasteiger charge is 2.12. The standard InChI is InChI=1S/C12H13N4O2/c1-14(2)10-5-7-15(8-6-10)12-4-3-11(9-13-12)16(17)18/h3-9H,1-2H3/q+1. The molecular weight excluding hydrogens is 232 g/mol. The van der Waals surface area contributed by atoms with Gasteiger partial charge in [-0.2, -0.15) is 0 Å². The van der Waals surface area contributed by atoms with Gasteiger partial charge >= 0.3 is 11.5 Å². The summed E-state index contributed by atoms with van der Waals surface area (Å²) in [5.41, 5.74) is 1.07. The second kappa shape index (κ2) is 4.79. The van der Waals surface area contributed by atoms with E-state index >= 15 is 0 Å². The van der Waals surface area contributed by atoms with Gasteiger partial charge in [0, 0.05) is 44.0 Å². The van der Waals surface area contributed by atoms with Gasteiger partial charge in [0.15, 0.2) is 0 Å². The molecule has 0 spiro atoms. The Morgan fingerprint density at radius 1 is 1.22 bits per heavy atom. The maximum absolute atomic E-state index is 10.5. The topological polar surface area (TPSA) is 63.1 Å². The molecular formula is C12H13N4O2+. The lowest BCUT2D eigenvalue weighted by atomic mass is 10.3. The average Bonchev–Trinajstić information content (AvgIpc) is 2.39. The quantitative estimate of drug-likeness (QED) is 0.465. The molecule has 6 heteroatoms. The molecule has 0 amide bonds. The van der Waals surface area contributed by atoms with Gasteiger partial charge in [-0.25, -0.2) is 4.57 Å². The van der Waals surface area contributed by atoms with Crippen molar-refractivity contribution in [3.8, 4) is 5.82 Å².